The van der Waals surface area contributed by atoms with Gasteiger partial charge >= 0.3 is 11.9 Å². The maximum absolute atomic E-state index is 10.4. The highest BCUT2D eigenvalue weighted by Gasteiger charge is 2.20. The van der Waals surface area contributed by atoms with Crippen LogP contribution in [0.25, 0.3) is 0 Å². The molecule has 1 aliphatic rings. The Morgan fingerprint density at radius 1 is 1.64 bits per heavy atom. The van der Waals surface area contributed by atoms with Gasteiger partial charge in [-0.2, -0.15) is 4.98 Å². The summed E-state index contributed by atoms with van der Waals surface area (Å²) in [6.07, 6.45) is 2.64. The summed E-state index contributed by atoms with van der Waals surface area (Å²) in [7, 11) is 0. The first-order valence-electron chi connectivity index (χ1n) is 4.43. The molecule has 1 saturated heterocycles. The Kier molecular flexibility index (Phi) is 2.45. The Morgan fingerprint density at radius 2 is 2.50 bits per heavy atom. The third-order valence-corrected chi connectivity index (χ3v) is 2.09. The second-order valence-electron chi connectivity index (χ2n) is 3.16. The molecule has 1 aliphatic heterocycles. The van der Waals surface area contributed by atoms with Crippen LogP contribution in [-0.2, 0) is 11.2 Å². The molecule has 0 aliphatic carbocycles. The first kappa shape index (κ1) is 9.14. The Balaban J connectivity index is 1.98. The van der Waals surface area contributed by atoms with E-state index < -0.39 is 5.97 Å². The molecule has 6 heteroatoms. The molecule has 2 heterocycles. The summed E-state index contributed by atoms with van der Waals surface area (Å²) < 4.78 is 9.88. The molecule has 1 aromatic rings. The Bertz CT molecular complexity index is 330. The van der Waals surface area contributed by atoms with Crippen LogP contribution in [0.3, 0.4) is 0 Å². The minimum absolute atomic E-state index is 0.106. The second kappa shape index (κ2) is 3.75. The van der Waals surface area contributed by atoms with Gasteiger partial charge in [0.05, 0.1) is 6.10 Å². The standard InChI is InChI=1S/C8H10N2O4/c11-8(12)7-9-6(10-14-7)4-5-2-1-3-13-5/h5H,1-4H2,(H,11,12). The van der Waals surface area contributed by atoms with E-state index >= 15 is 0 Å². The van der Waals surface area contributed by atoms with E-state index in [0.29, 0.717) is 12.2 Å². The minimum Gasteiger partial charge on any atom is -0.474 e. The summed E-state index contributed by atoms with van der Waals surface area (Å²) in [5.74, 6) is -1.16. The lowest BCUT2D eigenvalue weighted by Crippen LogP contribution is -2.10. The average Bonchev–Trinajstić information content (AvgIpc) is 2.75. The van der Waals surface area contributed by atoms with Crippen LogP contribution >= 0.6 is 0 Å². The molecule has 2 rings (SSSR count). The molecule has 0 aromatic carbocycles. The highest BCUT2D eigenvalue weighted by molar-refractivity contribution is 5.81. The van der Waals surface area contributed by atoms with Crippen molar-refractivity contribution in [2.45, 2.75) is 25.4 Å². The number of ether oxygens (including phenoxy) is 1. The number of hydrogen-bond acceptors (Lipinski definition) is 5. The number of nitrogens with zero attached hydrogens (tertiary/aromatic N) is 2. The Morgan fingerprint density at radius 3 is 3.07 bits per heavy atom. The van der Waals surface area contributed by atoms with Crippen molar-refractivity contribution < 1.29 is 19.2 Å². The van der Waals surface area contributed by atoms with Crippen LogP contribution in [0.15, 0.2) is 4.52 Å². The summed E-state index contributed by atoms with van der Waals surface area (Å²) in [5, 5.41) is 12.1. The zero-order valence-corrected chi connectivity index (χ0v) is 7.47. The van der Waals surface area contributed by atoms with Gasteiger partial charge in [-0.1, -0.05) is 5.16 Å². The van der Waals surface area contributed by atoms with Crippen LogP contribution in [0.2, 0.25) is 0 Å². The van der Waals surface area contributed by atoms with E-state index in [2.05, 4.69) is 14.7 Å². The summed E-state index contributed by atoms with van der Waals surface area (Å²) >= 11 is 0. The third-order valence-electron chi connectivity index (χ3n) is 2.09. The van der Waals surface area contributed by atoms with Gasteiger partial charge in [0, 0.05) is 13.0 Å². The van der Waals surface area contributed by atoms with Crippen molar-refractivity contribution in [2.75, 3.05) is 6.61 Å². The average molecular weight is 198 g/mol. The smallest absolute Gasteiger partial charge is 0.394 e. The van der Waals surface area contributed by atoms with E-state index in [0.717, 1.165) is 19.4 Å². The Labute approximate surface area is 79.9 Å². The molecule has 1 aromatic heterocycles. The number of aromatic carboxylic acids is 1. The minimum atomic E-state index is -1.20. The van der Waals surface area contributed by atoms with Crippen LogP contribution < -0.4 is 0 Å². The van der Waals surface area contributed by atoms with Crippen molar-refractivity contribution in [1.29, 1.82) is 0 Å². The predicted octanol–water partition coefficient (Wildman–Crippen LogP) is 0.489. The van der Waals surface area contributed by atoms with Crippen molar-refractivity contribution in [1.82, 2.24) is 10.1 Å². The molecule has 0 amide bonds. The van der Waals surface area contributed by atoms with Crippen molar-refractivity contribution in [3.05, 3.63) is 11.7 Å². The molecule has 1 fully saturated rings. The number of hydrogen-bond donors (Lipinski definition) is 1. The van der Waals surface area contributed by atoms with Crippen LogP contribution in [0.1, 0.15) is 29.4 Å². The van der Waals surface area contributed by atoms with Crippen molar-refractivity contribution >= 4 is 5.97 Å². The first-order chi connectivity index (χ1) is 6.75. The van der Waals surface area contributed by atoms with Gasteiger partial charge in [0.15, 0.2) is 5.82 Å². The van der Waals surface area contributed by atoms with E-state index in [-0.39, 0.29) is 12.0 Å². The van der Waals surface area contributed by atoms with Gasteiger partial charge in [-0.3, -0.25) is 0 Å². The fourth-order valence-corrected chi connectivity index (χ4v) is 1.43. The molecule has 0 radical (unpaired) electrons. The quantitative estimate of drug-likeness (QED) is 0.760. The van der Waals surface area contributed by atoms with Crippen molar-refractivity contribution in [2.24, 2.45) is 0 Å². The van der Waals surface area contributed by atoms with Crippen molar-refractivity contribution in [3.8, 4) is 0 Å². The number of carboxylic acid groups (broad SMARTS) is 1. The highest BCUT2D eigenvalue weighted by Crippen LogP contribution is 2.15. The van der Waals surface area contributed by atoms with E-state index in [9.17, 15) is 4.79 Å². The molecule has 1 N–H and O–H groups in total. The summed E-state index contributed by atoms with van der Waals surface area (Å²) in [4.78, 5) is 14.1. The lowest BCUT2D eigenvalue weighted by atomic mass is 10.2. The zero-order chi connectivity index (χ0) is 9.97. The number of aromatic nitrogens is 2. The molecule has 1 unspecified atom stereocenters. The van der Waals surface area contributed by atoms with Crippen LogP contribution in [0.5, 0.6) is 0 Å². The van der Waals surface area contributed by atoms with Gasteiger partial charge in [-0.05, 0) is 12.8 Å². The lowest BCUT2D eigenvalue weighted by molar-refractivity contribution is 0.0643. The molecule has 14 heavy (non-hydrogen) atoms. The van der Waals surface area contributed by atoms with Crippen molar-refractivity contribution in [3.63, 3.8) is 0 Å². The fourth-order valence-electron chi connectivity index (χ4n) is 1.43. The normalized spacial score (nSPS) is 21.3. The molecular formula is C8H10N2O4. The Hall–Kier alpha value is -1.43. The topological polar surface area (TPSA) is 85.5 Å². The van der Waals surface area contributed by atoms with Crippen LogP contribution in [0.4, 0.5) is 0 Å². The predicted molar refractivity (Wildman–Crippen MR) is 43.9 cm³/mol. The number of rotatable bonds is 3. The van der Waals surface area contributed by atoms with Gasteiger partial charge in [0.1, 0.15) is 0 Å². The highest BCUT2D eigenvalue weighted by atomic mass is 16.5. The fraction of sp³-hybridized carbons (Fsp3) is 0.625. The molecule has 0 bridgehead atoms. The van der Waals surface area contributed by atoms with E-state index in [1.54, 1.807) is 0 Å². The lowest BCUT2D eigenvalue weighted by Gasteiger charge is -2.03. The van der Waals surface area contributed by atoms with E-state index in [4.69, 9.17) is 9.84 Å². The van der Waals surface area contributed by atoms with E-state index in [1.165, 1.54) is 0 Å². The first-order valence-corrected chi connectivity index (χ1v) is 4.43. The van der Waals surface area contributed by atoms with Crippen LogP contribution in [-0.4, -0.2) is 33.9 Å². The maximum atomic E-state index is 10.4. The van der Waals surface area contributed by atoms with Crippen LogP contribution in [0, 0.1) is 0 Å². The molecular weight excluding hydrogens is 188 g/mol. The monoisotopic (exact) mass is 198 g/mol. The van der Waals surface area contributed by atoms with Gasteiger partial charge < -0.3 is 14.4 Å². The second-order valence-corrected chi connectivity index (χ2v) is 3.16. The van der Waals surface area contributed by atoms with E-state index in [1.807, 2.05) is 0 Å². The molecule has 0 saturated carbocycles. The molecule has 1 atom stereocenters. The number of carbonyl (C=O) groups is 1. The largest absolute Gasteiger partial charge is 0.474 e. The SMILES string of the molecule is O=C(O)c1nc(CC2CCCO2)no1. The summed E-state index contributed by atoms with van der Waals surface area (Å²) in [5.41, 5.74) is 0. The van der Waals surface area contributed by atoms with Gasteiger partial charge in [-0.15, -0.1) is 0 Å². The summed E-state index contributed by atoms with van der Waals surface area (Å²) in [6.45, 7) is 0.758. The maximum Gasteiger partial charge on any atom is 0.394 e. The summed E-state index contributed by atoms with van der Waals surface area (Å²) in [6, 6.07) is 0. The zero-order valence-electron chi connectivity index (χ0n) is 7.47. The molecule has 6 nitrogen and oxygen atoms in total. The molecule has 76 valence electrons. The number of carboxylic acids is 1. The molecule has 0 spiro atoms. The third kappa shape index (κ3) is 1.90. The van der Waals surface area contributed by atoms with Gasteiger partial charge in [0.25, 0.3) is 0 Å². The van der Waals surface area contributed by atoms with Gasteiger partial charge in [0.2, 0.25) is 0 Å². The van der Waals surface area contributed by atoms with Gasteiger partial charge in [-0.25, -0.2) is 4.79 Å².